The lowest BCUT2D eigenvalue weighted by Gasteiger charge is -2.22. The van der Waals surface area contributed by atoms with Gasteiger partial charge in [-0.15, -0.1) is 0 Å². The van der Waals surface area contributed by atoms with Crippen LogP contribution in [-0.2, 0) is 14.1 Å². The molecule has 0 aromatic heterocycles. The molecule has 2 atom stereocenters. The van der Waals surface area contributed by atoms with Gasteiger partial charge in [-0.2, -0.15) is 0 Å². The molecule has 2 unspecified atom stereocenters. The van der Waals surface area contributed by atoms with E-state index in [0.717, 1.165) is 0 Å². The van der Waals surface area contributed by atoms with E-state index in [0.29, 0.717) is 0 Å². The molecule has 0 amide bonds. The van der Waals surface area contributed by atoms with Crippen molar-refractivity contribution in [2.24, 2.45) is 11.7 Å². The molecule has 4 N–H and O–H groups in total. The van der Waals surface area contributed by atoms with Crippen molar-refractivity contribution in [2.75, 3.05) is 13.7 Å². The smallest absolute Gasteiger partial charge is 0.329 e. The largest absolute Gasteiger partial charge is 0.469 e. The zero-order valence-electron chi connectivity index (χ0n) is 8.21. The lowest BCUT2D eigenvalue weighted by Crippen LogP contribution is -2.29. The SMILES string of the molecule is COC(=O)C(C)C(CCN)P(=O)(O)O. The number of carbonyl (C=O) groups is 1. The minimum atomic E-state index is -4.30. The number of nitrogens with two attached hydrogens (primary N) is 1. The minimum absolute atomic E-state index is 0.0978. The van der Waals surface area contributed by atoms with Gasteiger partial charge < -0.3 is 20.3 Å². The first kappa shape index (κ1) is 13.6. The van der Waals surface area contributed by atoms with E-state index in [-0.39, 0.29) is 13.0 Å². The van der Waals surface area contributed by atoms with Gasteiger partial charge in [-0.05, 0) is 13.0 Å². The normalized spacial score (nSPS) is 16.1. The molecule has 0 aliphatic rings. The van der Waals surface area contributed by atoms with E-state index in [2.05, 4.69) is 4.74 Å². The van der Waals surface area contributed by atoms with Crippen LogP contribution in [0.4, 0.5) is 0 Å². The average Bonchev–Trinajstić information content (AvgIpc) is 2.09. The molecule has 0 bridgehead atoms. The Balaban J connectivity index is 4.66. The van der Waals surface area contributed by atoms with Crippen LogP contribution in [0, 0.1) is 5.92 Å². The quantitative estimate of drug-likeness (QED) is 0.437. The molecular weight excluding hydrogens is 209 g/mol. The molecule has 84 valence electrons. The van der Waals surface area contributed by atoms with Gasteiger partial charge >= 0.3 is 13.6 Å². The maximum absolute atomic E-state index is 11.1. The Morgan fingerprint density at radius 3 is 2.36 bits per heavy atom. The highest BCUT2D eigenvalue weighted by atomic mass is 31.2. The molecule has 0 heterocycles. The number of ether oxygens (including phenoxy) is 1. The first-order valence-electron chi connectivity index (χ1n) is 4.17. The molecule has 0 rings (SSSR count). The Kier molecular flexibility index (Phi) is 5.29. The predicted octanol–water partition coefficient (Wildman–Crippen LogP) is -0.309. The third kappa shape index (κ3) is 3.75. The highest BCUT2D eigenvalue weighted by Crippen LogP contribution is 2.46. The first-order valence-corrected chi connectivity index (χ1v) is 5.85. The molecule has 0 spiro atoms. The van der Waals surface area contributed by atoms with Gasteiger partial charge in [0.1, 0.15) is 0 Å². The second-order valence-electron chi connectivity index (χ2n) is 3.05. The van der Waals surface area contributed by atoms with Gasteiger partial charge in [0.25, 0.3) is 0 Å². The Hall–Kier alpha value is -0.420. The second kappa shape index (κ2) is 5.46. The summed E-state index contributed by atoms with van der Waals surface area (Å²) >= 11 is 0. The van der Waals surface area contributed by atoms with Crippen LogP contribution in [-0.4, -0.2) is 35.1 Å². The standard InChI is InChI=1S/C7H16NO5P/c1-5(7(9)13-2)6(3-4-8)14(10,11)12/h5-6H,3-4,8H2,1-2H3,(H2,10,11,12). The van der Waals surface area contributed by atoms with Gasteiger partial charge in [-0.25, -0.2) is 0 Å². The van der Waals surface area contributed by atoms with Crippen molar-refractivity contribution < 1.29 is 23.9 Å². The lowest BCUT2D eigenvalue weighted by molar-refractivity contribution is -0.145. The molecule has 7 heteroatoms. The van der Waals surface area contributed by atoms with E-state index >= 15 is 0 Å². The van der Waals surface area contributed by atoms with E-state index < -0.39 is 25.1 Å². The summed E-state index contributed by atoms with van der Waals surface area (Å²) in [6.45, 7) is 1.54. The van der Waals surface area contributed by atoms with Crippen molar-refractivity contribution in [1.82, 2.24) is 0 Å². The van der Waals surface area contributed by atoms with Crippen LogP contribution in [0.3, 0.4) is 0 Å². The maximum Gasteiger partial charge on any atom is 0.329 e. The van der Waals surface area contributed by atoms with E-state index in [1.165, 1.54) is 14.0 Å². The van der Waals surface area contributed by atoms with Gasteiger partial charge in [0.2, 0.25) is 0 Å². The minimum Gasteiger partial charge on any atom is -0.469 e. The Labute approximate surface area is 82.6 Å². The van der Waals surface area contributed by atoms with E-state index in [4.69, 9.17) is 15.5 Å². The highest BCUT2D eigenvalue weighted by Gasteiger charge is 2.37. The summed E-state index contributed by atoms with van der Waals surface area (Å²) in [4.78, 5) is 29.0. The number of rotatable bonds is 5. The van der Waals surface area contributed by atoms with Gasteiger partial charge in [0.15, 0.2) is 0 Å². The second-order valence-corrected chi connectivity index (χ2v) is 4.89. The molecule has 0 aromatic rings. The number of esters is 1. The average molecular weight is 225 g/mol. The molecule has 14 heavy (non-hydrogen) atoms. The summed E-state index contributed by atoms with van der Waals surface area (Å²) in [5, 5.41) is 0. The van der Waals surface area contributed by atoms with E-state index in [9.17, 15) is 9.36 Å². The van der Waals surface area contributed by atoms with Crippen molar-refractivity contribution in [3.8, 4) is 0 Å². The summed E-state index contributed by atoms with van der Waals surface area (Å²) < 4.78 is 15.4. The van der Waals surface area contributed by atoms with Crippen molar-refractivity contribution in [3.05, 3.63) is 0 Å². The van der Waals surface area contributed by atoms with Gasteiger partial charge in [-0.1, -0.05) is 6.92 Å². The molecule has 0 aliphatic heterocycles. The van der Waals surface area contributed by atoms with Crippen molar-refractivity contribution >= 4 is 13.6 Å². The predicted molar refractivity (Wildman–Crippen MR) is 50.7 cm³/mol. The Morgan fingerprint density at radius 1 is 1.57 bits per heavy atom. The third-order valence-corrected chi connectivity index (χ3v) is 3.61. The first-order chi connectivity index (χ1) is 6.34. The van der Waals surface area contributed by atoms with E-state index in [1.807, 2.05) is 0 Å². The lowest BCUT2D eigenvalue weighted by atomic mass is 10.1. The monoisotopic (exact) mass is 225 g/mol. The van der Waals surface area contributed by atoms with Crippen LogP contribution >= 0.6 is 7.60 Å². The van der Waals surface area contributed by atoms with Crippen LogP contribution in [0.5, 0.6) is 0 Å². The zero-order chi connectivity index (χ0) is 11.4. The molecule has 0 aliphatic carbocycles. The number of methoxy groups -OCH3 is 1. The number of hydrogen-bond acceptors (Lipinski definition) is 4. The topological polar surface area (TPSA) is 110 Å². The van der Waals surface area contributed by atoms with Crippen molar-refractivity contribution in [3.63, 3.8) is 0 Å². The summed E-state index contributed by atoms with van der Waals surface area (Å²) in [6, 6.07) is 0. The molecule has 0 saturated heterocycles. The van der Waals surface area contributed by atoms with Gasteiger partial charge in [0, 0.05) is 0 Å². The molecule has 0 radical (unpaired) electrons. The van der Waals surface area contributed by atoms with Crippen LogP contribution in [0.25, 0.3) is 0 Å². The molecule has 0 aromatic carbocycles. The fourth-order valence-electron chi connectivity index (χ4n) is 1.22. The number of carbonyl (C=O) groups excluding carboxylic acids is 1. The Bertz CT molecular complexity index is 238. The van der Waals surface area contributed by atoms with Crippen molar-refractivity contribution in [1.29, 1.82) is 0 Å². The van der Waals surface area contributed by atoms with Gasteiger partial charge in [0.05, 0.1) is 18.7 Å². The Morgan fingerprint density at radius 2 is 2.07 bits per heavy atom. The highest BCUT2D eigenvalue weighted by molar-refractivity contribution is 7.52. The third-order valence-electron chi connectivity index (χ3n) is 2.04. The summed E-state index contributed by atoms with van der Waals surface area (Å²) in [7, 11) is -3.12. The van der Waals surface area contributed by atoms with Crippen LogP contribution < -0.4 is 5.73 Å². The summed E-state index contributed by atoms with van der Waals surface area (Å²) in [6.07, 6.45) is 0.0978. The molecule has 6 nitrogen and oxygen atoms in total. The van der Waals surface area contributed by atoms with E-state index in [1.54, 1.807) is 0 Å². The molecule has 0 saturated carbocycles. The summed E-state index contributed by atoms with van der Waals surface area (Å²) in [5.41, 5.74) is 4.15. The van der Waals surface area contributed by atoms with Crippen LogP contribution in [0.2, 0.25) is 0 Å². The summed E-state index contributed by atoms with van der Waals surface area (Å²) in [5.74, 6) is -1.48. The molecule has 0 fully saturated rings. The number of hydrogen-bond donors (Lipinski definition) is 3. The van der Waals surface area contributed by atoms with Gasteiger partial charge in [-0.3, -0.25) is 9.36 Å². The maximum atomic E-state index is 11.1. The van der Waals surface area contributed by atoms with Crippen molar-refractivity contribution in [2.45, 2.75) is 19.0 Å². The van der Waals surface area contributed by atoms with Crippen LogP contribution in [0.1, 0.15) is 13.3 Å². The zero-order valence-corrected chi connectivity index (χ0v) is 9.11. The molecular formula is C7H16NO5P. The fraction of sp³-hybridized carbons (Fsp3) is 0.857. The fourth-order valence-corrected chi connectivity index (χ4v) is 2.41. The van der Waals surface area contributed by atoms with Crippen LogP contribution in [0.15, 0.2) is 0 Å².